The smallest absolute Gasteiger partial charge is 0.248 e. The third-order valence-electron chi connectivity index (χ3n) is 3.45. The van der Waals surface area contributed by atoms with E-state index in [-0.39, 0.29) is 0 Å². The van der Waals surface area contributed by atoms with E-state index >= 15 is 0 Å². The predicted molar refractivity (Wildman–Crippen MR) is 76.3 cm³/mol. The van der Waals surface area contributed by atoms with Crippen LogP contribution in [0.3, 0.4) is 0 Å². The third kappa shape index (κ3) is 3.67. The van der Waals surface area contributed by atoms with Gasteiger partial charge < -0.3 is 16.0 Å². The fourth-order valence-electron chi connectivity index (χ4n) is 2.49. The van der Waals surface area contributed by atoms with Gasteiger partial charge in [0.2, 0.25) is 5.91 Å². The van der Waals surface area contributed by atoms with Crippen LogP contribution in [-0.2, 0) is 0 Å². The van der Waals surface area contributed by atoms with Crippen LogP contribution in [0.25, 0.3) is 0 Å². The number of pyridine rings is 1. The Morgan fingerprint density at radius 1 is 1.63 bits per heavy atom. The van der Waals surface area contributed by atoms with Crippen LogP contribution in [0.2, 0.25) is 0 Å². The Balaban J connectivity index is 2.12. The molecular formula is C14H22N4O. The maximum atomic E-state index is 11.2. The van der Waals surface area contributed by atoms with Crippen LogP contribution in [0.5, 0.6) is 0 Å². The Morgan fingerprint density at radius 2 is 2.47 bits per heavy atom. The Morgan fingerprint density at radius 3 is 3.11 bits per heavy atom. The van der Waals surface area contributed by atoms with Crippen molar-refractivity contribution in [3.63, 3.8) is 0 Å². The molecule has 0 saturated carbocycles. The number of hydrogen-bond donors (Lipinski definition) is 2. The van der Waals surface area contributed by atoms with E-state index in [1.807, 2.05) is 0 Å². The molecular weight excluding hydrogens is 240 g/mol. The molecule has 2 heterocycles. The summed E-state index contributed by atoms with van der Waals surface area (Å²) in [5, 5.41) is 3.49. The zero-order valence-corrected chi connectivity index (χ0v) is 11.4. The molecule has 1 unspecified atom stereocenters. The molecule has 3 N–H and O–H groups in total. The zero-order chi connectivity index (χ0) is 13.7. The number of hydrogen-bond acceptors (Lipinski definition) is 4. The van der Waals surface area contributed by atoms with Gasteiger partial charge in [0.25, 0.3) is 0 Å². The second-order valence-corrected chi connectivity index (χ2v) is 5.01. The van der Waals surface area contributed by atoms with Gasteiger partial charge in [-0.3, -0.25) is 4.79 Å². The molecule has 0 spiro atoms. The van der Waals surface area contributed by atoms with Crippen molar-refractivity contribution >= 4 is 11.7 Å². The van der Waals surface area contributed by atoms with Crippen LogP contribution in [0, 0.1) is 0 Å². The van der Waals surface area contributed by atoms with E-state index in [2.05, 4.69) is 22.1 Å². The second-order valence-electron chi connectivity index (χ2n) is 5.01. The molecule has 0 bridgehead atoms. The van der Waals surface area contributed by atoms with Gasteiger partial charge in [-0.15, -0.1) is 0 Å². The fraction of sp³-hybridized carbons (Fsp3) is 0.571. The van der Waals surface area contributed by atoms with Gasteiger partial charge in [-0.25, -0.2) is 4.98 Å². The highest BCUT2D eigenvalue weighted by molar-refractivity contribution is 5.93. The van der Waals surface area contributed by atoms with Crippen LogP contribution in [0.15, 0.2) is 18.3 Å². The lowest BCUT2D eigenvalue weighted by molar-refractivity contribution is 0.1000. The van der Waals surface area contributed by atoms with Crippen molar-refractivity contribution in [1.29, 1.82) is 0 Å². The zero-order valence-electron chi connectivity index (χ0n) is 11.4. The minimum Gasteiger partial charge on any atom is -0.366 e. The van der Waals surface area contributed by atoms with Crippen molar-refractivity contribution in [3.05, 3.63) is 23.9 Å². The van der Waals surface area contributed by atoms with Gasteiger partial charge in [-0.1, -0.05) is 6.92 Å². The van der Waals surface area contributed by atoms with Gasteiger partial charge in [0.15, 0.2) is 0 Å². The van der Waals surface area contributed by atoms with E-state index in [0.29, 0.717) is 11.6 Å². The number of nitrogens with two attached hydrogens (primary N) is 1. The van der Waals surface area contributed by atoms with Crippen molar-refractivity contribution in [3.8, 4) is 0 Å². The third-order valence-corrected chi connectivity index (χ3v) is 3.45. The molecule has 1 aliphatic rings. The number of anilines is 1. The number of nitrogens with zero attached hydrogens (tertiary/aromatic N) is 2. The standard InChI is InChI=1S/C14H22N4O/c1-2-8-18(10-12-4-3-6-16-12)13-9-11(14(15)19)5-7-17-13/h5,7,9,12,16H,2-4,6,8,10H2,1H3,(H2,15,19). The summed E-state index contributed by atoms with van der Waals surface area (Å²) in [7, 11) is 0. The summed E-state index contributed by atoms with van der Waals surface area (Å²) in [5.74, 6) is 0.436. The quantitative estimate of drug-likeness (QED) is 0.806. The van der Waals surface area contributed by atoms with Gasteiger partial charge in [0, 0.05) is 30.9 Å². The molecule has 1 atom stereocenters. The van der Waals surface area contributed by atoms with Crippen LogP contribution in [0.4, 0.5) is 5.82 Å². The summed E-state index contributed by atoms with van der Waals surface area (Å²) in [6, 6.07) is 3.96. The minimum atomic E-state index is -0.404. The van der Waals surface area contributed by atoms with Gasteiger partial charge in [0.05, 0.1) is 0 Å². The molecule has 1 saturated heterocycles. The summed E-state index contributed by atoms with van der Waals surface area (Å²) < 4.78 is 0. The lowest BCUT2D eigenvalue weighted by Gasteiger charge is -2.26. The first-order valence-electron chi connectivity index (χ1n) is 6.95. The minimum absolute atomic E-state index is 0.404. The molecule has 5 nitrogen and oxygen atoms in total. The summed E-state index contributed by atoms with van der Waals surface area (Å²) in [6.07, 6.45) is 5.14. The maximum absolute atomic E-state index is 11.2. The van der Waals surface area contributed by atoms with Crippen molar-refractivity contribution in [2.45, 2.75) is 32.2 Å². The summed E-state index contributed by atoms with van der Waals surface area (Å²) in [5.41, 5.74) is 5.84. The van der Waals surface area contributed by atoms with E-state index < -0.39 is 5.91 Å². The fourth-order valence-corrected chi connectivity index (χ4v) is 2.49. The van der Waals surface area contributed by atoms with Gasteiger partial charge in [-0.05, 0) is 37.9 Å². The first-order valence-corrected chi connectivity index (χ1v) is 6.95. The van der Waals surface area contributed by atoms with Gasteiger partial charge in [0.1, 0.15) is 5.82 Å². The lowest BCUT2D eigenvalue weighted by atomic mass is 10.2. The summed E-state index contributed by atoms with van der Waals surface area (Å²) in [6.45, 7) is 5.11. The molecule has 5 heteroatoms. The molecule has 0 radical (unpaired) electrons. The number of amides is 1. The maximum Gasteiger partial charge on any atom is 0.248 e. The summed E-state index contributed by atoms with van der Waals surface area (Å²) >= 11 is 0. The molecule has 1 amide bonds. The number of carbonyl (C=O) groups excluding carboxylic acids is 1. The van der Waals surface area contributed by atoms with Crippen molar-refractivity contribution in [2.75, 3.05) is 24.5 Å². The SMILES string of the molecule is CCCN(CC1CCCN1)c1cc(C(N)=O)ccn1. The topological polar surface area (TPSA) is 71.2 Å². The van der Waals surface area contributed by atoms with Crippen molar-refractivity contribution < 1.29 is 4.79 Å². The van der Waals surface area contributed by atoms with E-state index in [9.17, 15) is 4.79 Å². The highest BCUT2D eigenvalue weighted by atomic mass is 16.1. The highest BCUT2D eigenvalue weighted by Gasteiger charge is 2.18. The predicted octanol–water partition coefficient (Wildman–Crippen LogP) is 1.15. The number of nitrogens with one attached hydrogen (secondary N) is 1. The first kappa shape index (κ1) is 13.8. The van der Waals surface area contributed by atoms with Crippen LogP contribution in [0.1, 0.15) is 36.5 Å². The molecule has 0 aliphatic carbocycles. The number of rotatable bonds is 6. The molecule has 0 aromatic carbocycles. The molecule has 1 aromatic heterocycles. The number of primary amides is 1. The average molecular weight is 262 g/mol. The van der Waals surface area contributed by atoms with Crippen LogP contribution in [-0.4, -0.2) is 36.6 Å². The average Bonchev–Trinajstić information content (AvgIpc) is 2.91. The molecule has 19 heavy (non-hydrogen) atoms. The lowest BCUT2D eigenvalue weighted by Crippen LogP contribution is -2.38. The Kier molecular flexibility index (Phi) is 4.74. The van der Waals surface area contributed by atoms with Crippen LogP contribution < -0.4 is 16.0 Å². The molecule has 1 aromatic rings. The largest absolute Gasteiger partial charge is 0.366 e. The van der Waals surface area contributed by atoms with Gasteiger partial charge >= 0.3 is 0 Å². The molecule has 1 aliphatic heterocycles. The Bertz CT molecular complexity index is 429. The Hall–Kier alpha value is -1.62. The van der Waals surface area contributed by atoms with Gasteiger partial charge in [-0.2, -0.15) is 0 Å². The monoisotopic (exact) mass is 262 g/mol. The van der Waals surface area contributed by atoms with E-state index in [0.717, 1.165) is 31.9 Å². The summed E-state index contributed by atoms with van der Waals surface area (Å²) in [4.78, 5) is 17.8. The second kappa shape index (κ2) is 6.52. The van der Waals surface area contributed by atoms with Crippen molar-refractivity contribution in [2.24, 2.45) is 5.73 Å². The number of aromatic nitrogens is 1. The molecule has 2 rings (SSSR count). The Labute approximate surface area is 114 Å². The normalized spacial score (nSPS) is 18.5. The van der Waals surface area contributed by atoms with E-state index in [1.165, 1.54) is 12.8 Å². The highest BCUT2D eigenvalue weighted by Crippen LogP contribution is 2.16. The van der Waals surface area contributed by atoms with Crippen LogP contribution >= 0.6 is 0 Å². The van der Waals surface area contributed by atoms with Crippen molar-refractivity contribution in [1.82, 2.24) is 10.3 Å². The molecule has 1 fully saturated rings. The molecule has 104 valence electrons. The number of carbonyl (C=O) groups is 1. The van der Waals surface area contributed by atoms with E-state index in [1.54, 1.807) is 18.3 Å². The first-order chi connectivity index (χ1) is 9.20. The van der Waals surface area contributed by atoms with E-state index in [4.69, 9.17) is 5.73 Å².